The summed E-state index contributed by atoms with van der Waals surface area (Å²) >= 11 is 6.00. The molecule has 3 nitrogen and oxygen atoms in total. The van der Waals surface area contributed by atoms with E-state index in [2.05, 4.69) is 12.2 Å². The van der Waals surface area contributed by atoms with Crippen molar-refractivity contribution in [1.29, 1.82) is 0 Å². The molecule has 0 aliphatic heterocycles. The highest BCUT2D eigenvalue weighted by Crippen LogP contribution is 2.27. The van der Waals surface area contributed by atoms with E-state index in [1.807, 2.05) is 30.3 Å². The predicted octanol–water partition coefficient (Wildman–Crippen LogP) is 4.37. The molecule has 4 heteroatoms. The Kier molecular flexibility index (Phi) is 4.74. The van der Waals surface area contributed by atoms with Crippen LogP contribution in [-0.2, 0) is 6.42 Å². The maximum absolute atomic E-state index is 6.00. The van der Waals surface area contributed by atoms with Gasteiger partial charge in [0.05, 0.1) is 18.4 Å². The number of hydrogen-bond acceptors (Lipinski definition) is 3. The van der Waals surface area contributed by atoms with Crippen LogP contribution >= 0.6 is 11.6 Å². The molecule has 2 rings (SSSR count). The number of anilines is 1. The van der Waals surface area contributed by atoms with Gasteiger partial charge in [0.15, 0.2) is 0 Å². The van der Waals surface area contributed by atoms with Gasteiger partial charge in [0, 0.05) is 24.2 Å². The van der Waals surface area contributed by atoms with Gasteiger partial charge in [-0.05, 0) is 37.6 Å². The molecule has 0 saturated carbocycles. The fourth-order valence-electron chi connectivity index (χ4n) is 1.92. The topological polar surface area (TPSA) is 34.4 Å². The second-order valence-corrected chi connectivity index (χ2v) is 4.92. The molecule has 1 heterocycles. The maximum Gasteiger partial charge on any atom is 0.139 e. The van der Waals surface area contributed by atoms with Crippen molar-refractivity contribution in [2.45, 2.75) is 25.8 Å². The SMILES string of the molecule is COc1cc(NC(C)CCc2ccco2)ccc1Cl. The van der Waals surface area contributed by atoms with Crippen molar-refractivity contribution in [1.82, 2.24) is 0 Å². The minimum atomic E-state index is 0.344. The lowest BCUT2D eigenvalue weighted by atomic mass is 10.1. The van der Waals surface area contributed by atoms with E-state index < -0.39 is 0 Å². The monoisotopic (exact) mass is 279 g/mol. The summed E-state index contributed by atoms with van der Waals surface area (Å²) in [6.45, 7) is 2.14. The van der Waals surface area contributed by atoms with Crippen molar-refractivity contribution >= 4 is 17.3 Å². The van der Waals surface area contributed by atoms with Crippen LogP contribution in [0.1, 0.15) is 19.1 Å². The van der Waals surface area contributed by atoms with Gasteiger partial charge in [-0.25, -0.2) is 0 Å². The quantitative estimate of drug-likeness (QED) is 0.852. The molecule has 2 aromatic rings. The summed E-state index contributed by atoms with van der Waals surface area (Å²) in [5.74, 6) is 1.70. The zero-order valence-electron chi connectivity index (χ0n) is 11.2. The molecule has 0 aliphatic rings. The zero-order valence-corrected chi connectivity index (χ0v) is 11.9. The lowest BCUT2D eigenvalue weighted by molar-refractivity contribution is 0.415. The number of methoxy groups -OCH3 is 1. The van der Waals surface area contributed by atoms with E-state index in [9.17, 15) is 0 Å². The van der Waals surface area contributed by atoms with Crippen molar-refractivity contribution in [3.8, 4) is 5.75 Å². The summed E-state index contributed by atoms with van der Waals surface area (Å²) in [5, 5.41) is 4.05. The van der Waals surface area contributed by atoms with Crippen molar-refractivity contribution in [3.05, 3.63) is 47.4 Å². The van der Waals surface area contributed by atoms with Gasteiger partial charge in [-0.1, -0.05) is 11.6 Å². The number of benzene rings is 1. The third-order valence-electron chi connectivity index (χ3n) is 2.97. The molecule has 1 aromatic heterocycles. The van der Waals surface area contributed by atoms with Gasteiger partial charge in [0.1, 0.15) is 11.5 Å². The number of halogens is 1. The summed E-state index contributed by atoms with van der Waals surface area (Å²) in [6, 6.07) is 9.95. The highest BCUT2D eigenvalue weighted by Gasteiger charge is 2.06. The van der Waals surface area contributed by atoms with Crippen molar-refractivity contribution in [2.75, 3.05) is 12.4 Å². The summed E-state index contributed by atoms with van der Waals surface area (Å²) in [6.07, 6.45) is 3.63. The fourth-order valence-corrected chi connectivity index (χ4v) is 2.11. The first-order valence-electron chi connectivity index (χ1n) is 6.31. The van der Waals surface area contributed by atoms with E-state index >= 15 is 0 Å². The van der Waals surface area contributed by atoms with Crippen LogP contribution in [0.3, 0.4) is 0 Å². The average molecular weight is 280 g/mol. The molecular formula is C15H18ClNO2. The third-order valence-corrected chi connectivity index (χ3v) is 3.28. The van der Waals surface area contributed by atoms with Gasteiger partial charge in [-0.15, -0.1) is 0 Å². The predicted molar refractivity (Wildman–Crippen MR) is 78.1 cm³/mol. The van der Waals surface area contributed by atoms with Crippen molar-refractivity contribution in [2.24, 2.45) is 0 Å². The number of ether oxygens (including phenoxy) is 1. The van der Waals surface area contributed by atoms with E-state index in [1.165, 1.54) is 0 Å². The first-order chi connectivity index (χ1) is 9.19. The standard InChI is InChI=1S/C15H18ClNO2/c1-11(5-7-13-4-3-9-19-13)17-12-6-8-14(16)15(10-12)18-2/h3-4,6,8-11,17H,5,7H2,1-2H3. The van der Waals surface area contributed by atoms with Gasteiger partial charge in [0.25, 0.3) is 0 Å². The van der Waals surface area contributed by atoms with Crippen LogP contribution in [0.25, 0.3) is 0 Å². The second-order valence-electron chi connectivity index (χ2n) is 4.51. The van der Waals surface area contributed by atoms with Gasteiger partial charge in [-0.2, -0.15) is 0 Å². The fraction of sp³-hybridized carbons (Fsp3) is 0.333. The normalized spacial score (nSPS) is 12.2. The van der Waals surface area contributed by atoms with Crippen molar-refractivity contribution < 1.29 is 9.15 Å². The maximum atomic E-state index is 6.00. The van der Waals surface area contributed by atoms with E-state index in [0.29, 0.717) is 16.8 Å². The van der Waals surface area contributed by atoms with Crippen molar-refractivity contribution in [3.63, 3.8) is 0 Å². The molecule has 1 atom stereocenters. The molecule has 0 fully saturated rings. The van der Waals surface area contributed by atoms with E-state index in [-0.39, 0.29) is 0 Å². The molecular weight excluding hydrogens is 262 g/mol. The van der Waals surface area contributed by atoms with Crippen LogP contribution in [-0.4, -0.2) is 13.2 Å². The molecule has 0 aliphatic carbocycles. The molecule has 19 heavy (non-hydrogen) atoms. The van der Waals surface area contributed by atoms with Crippen LogP contribution in [0.15, 0.2) is 41.0 Å². The lowest BCUT2D eigenvalue weighted by Gasteiger charge is -2.15. The van der Waals surface area contributed by atoms with Crippen LogP contribution < -0.4 is 10.1 Å². The van der Waals surface area contributed by atoms with Gasteiger partial charge >= 0.3 is 0 Å². The number of furan rings is 1. The molecule has 1 aromatic carbocycles. The molecule has 0 amide bonds. The summed E-state index contributed by atoms with van der Waals surface area (Å²) < 4.78 is 10.5. The Bertz CT molecular complexity index is 511. The molecule has 1 N–H and O–H groups in total. The number of aryl methyl sites for hydroxylation is 1. The van der Waals surface area contributed by atoms with Crippen LogP contribution in [0.2, 0.25) is 5.02 Å². The Morgan fingerprint density at radius 3 is 2.89 bits per heavy atom. The Balaban J connectivity index is 1.89. The summed E-state index contributed by atoms with van der Waals surface area (Å²) in [4.78, 5) is 0. The largest absolute Gasteiger partial charge is 0.495 e. The summed E-state index contributed by atoms with van der Waals surface area (Å²) in [7, 11) is 1.62. The Morgan fingerprint density at radius 1 is 1.37 bits per heavy atom. The van der Waals surface area contributed by atoms with Crippen LogP contribution in [0.4, 0.5) is 5.69 Å². The van der Waals surface area contributed by atoms with Gasteiger partial charge in [0.2, 0.25) is 0 Å². The number of hydrogen-bond donors (Lipinski definition) is 1. The average Bonchev–Trinajstić information content (AvgIpc) is 2.92. The second kappa shape index (κ2) is 6.53. The molecule has 1 unspecified atom stereocenters. The van der Waals surface area contributed by atoms with E-state index in [0.717, 1.165) is 24.3 Å². The summed E-state index contributed by atoms with van der Waals surface area (Å²) in [5.41, 5.74) is 1.01. The van der Waals surface area contributed by atoms with Gasteiger partial charge in [-0.3, -0.25) is 0 Å². The number of rotatable bonds is 6. The Hall–Kier alpha value is -1.61. The van der Waals surface area contributed by atoms with E-state index in [1.54, 1.807) is 13.4 Å². The molecule has 0 saturated heterocycles. The molecule has 102 valence electrons. The van der Waals surface area contributed by atoms with Crippen LogP contribution in [0.5, 0.6) is 5.75 Å². The van der Waals surface area contributed by atoms with E-state index in [4.69, 9.17) is 20.8 Å². The van der Waals surface area contributed by atoms with Crippen LogP contribution in [0, 0.1) is 0 Å². The molecule has 0 radical (unpaired) electrons. The first-order valence-corrected chi connectivity index (χ1v) is 6.69. The first kappa shape index (κ1) is 13.8. The Labute approximate surface area is 118 Å². The molecule has 0 spiro atoms. The highest BCUT2D eigenvalue weighted by atomic mass is 35.5. The zero-order chi connectivity index (χ0) is 13.7. The Morgan fingerprint density at radius 2 is 2.21 bits per heavy atom. The number of nitrogens with one attached hydrogen (secondary N) is 1. The van der Waals surface area contributed by atoms with Gasteiger partial charge < -0.3 is 14.5 Å². The minimum absolute atomic E-state index is 0.344. The molecule has 0 bridgehead atoms. The minimum Gasteiger partial charge on any atom is -0.495 e. The smallest absolute Gasteiger partial charge is 0.139 e. The highest BCUT2D eigenvalue weighted by molar-refractivity contribution is 6.32. The third kappa shape index (κ3) is 3.93. The lowest BCUT2D eigenvalue weighted by Crippen LogP contribution is -2.15.